The van der Waals surface area contributed by atoms with Crippen LogP contribution in [0.5, 0.6) is 0 Å². The molecule has 0 saturated heterocycles. The summed E-state index contributed by atoms with van der Waals surface area (Å²) in [4.78, 5) is 11.7. The van der Waals surface area contributed by atoms with Crippen LogP contribution in [-0.2, 0) is 9.53 Å². The fraction of sp³-hybridized carbons (Fsp3) is 0.917. The molecule has 0 aromatic rings. The molecule has 0 N–H and O–H groups in total. The van der Waals surface area contributed by atoms with Crippen molar-refractivity contribution in [2.75, 3.05) is 6.61 Å². The van der Waals surface area contributed by atoms with E-state index in [4.69, 9.17) is 4.74 Å². The summed E-state index contributed by atoms with van der Waals surface area (Å²) in [6.07, 6.45) is 3.38. The highest BCUT2D eigenvalue weighted by molar-refractivity contribution is 5.83. The van der Waals surface area contributed by atoms with Gasteiger partial charge in [-0.1, -0.05) is 27.2 Å². The highest BCUT2D eigenvalue weighted by Gasteiger charge is 2.17. The molecule has 0 radical (unpaired) electrons. The number of carbonyl (C=O) groups is 1. The first-order valence-electron chi connectivity index (χ1n) is 5.76. The van der Waals surface area contributed by atoms with E-state index in [0.717, 1.165) is 19.3 Å². The first-order chi connectivity index (χ1) is 6.61. The first-order valence-corrected chi connectivity index (χ1v) is 5.76. The maximum absolute atomic E-state index is 11.7. The second-order valence-electron chi connectivity index (χ2n) is 4.13. The monoisotopic (exact) mass is 200 g/mol. The second-order valence-corrected chi connectivity index (χ2v) is 4.13. The van der Waals surface area contributed by atoms with Gasteiger partial charge in [-0.25, -0.2) is 0 Å². The van der Waals surface area contributed by atoms with Crippen LogP contribution >= 0.6 is 0 Å². The molecule has 0 saturated carbocycles. The van der Waals surface area contributed by atoms with Gasteiger partial charge in [0.1, 0.15) is 6.10 Å². The number of hydrogen-bond donors (Lipinski definition) is 0. The number of carbonyl (C=O) groups excluding carboxylic acids is 1. The lowest BCUT2D eigenvalue weighted by atomic mass is 10.0. The molecule has 0 aliphatic carbocycles. The summed E-state index contributed by atoms with van der Waals surface area (Å²) in [7, 11) is 0. The van der Waals surface area contributed by atoms with Gasteiger partial charge >= 0.3 is 0 Å². The van der Waals surface area contributed by atoms with Crippen molar-refractivity contribution < 1.29 is 9.53 Å². The molecule has 0 rings (SSSR count). The van der Waals surface area contributed by atoms with Crippen molar-refractivity contribution in [2.45, 2.75) is 59.5 Å². The molecule has 0 spiro atoms. The van der Waals surface area contributed by atoms with Crippen molar-refractivity contribution in [1.82, 2.24) is 0 Å². The van der Waals surface area contributed by atoms with E-state index in [1.54, 1.807) is 0 Å². The highest BCUT2D eigenvalue weighted by Crippen LogP contribution is 2.11. The van der Waals surface area contributed by atoms with Crippen molar-refractivity contribution in [3.8, 4) is 0 Å². The van der Waals surface area contributed by atoms with Crippen molar-refractivity contribution in [3.05, 3.63) is 0 Å². The van der Waals surface area contributed by atoms with E-state index >= 15 is 0 Å². The molecule has 2 nitrogen and oxygen atoms in total. The molecule has 0 bridgehead atoms. The van der Waals surface area contributed by atoms with Crippen LogP contribution in [0.25, 0.3) is 0 Å². The summed E-state index contributed by atoms with van der Waals surface area (Å²) in [6, 6.07) is 0. The van der Waals surface area contributed by atoms with Crippen molar-refractivity contribution >= 4 is 5.78 Å². The summed E-state index contributed by atoms with van der Waals surface area (Å²) < 4.78 is 5.43. The normalized spacial score (nSPS) is 13.2. The smallest absolute Gasteiger partial charge is 0.161 e. The molecule has 0 fully saturated rings. The number of ether oxygens (including phenoxy) is 1. The van der Waals surface area contributed by atoms with Gasteiger partial charge in [0.15, 0.2) is 5.78 Å². The van der Waals surface area contributed by atoms with Gasteiger partial charge in [0.05, 0.1) is 0 Å². The molecule has 1 unspecified atom stereocenters. The summed E-state index contributed by atoms with van der Waals surface area (Å²) in [5, 5.41) is 0. The van der Waals surface area contributed by atoms with Gasteiger partial charge < -0.3 is 4.74 Å². The molecular formula is C12H24O2. The molecule has 2 heteroatoms. The Morgan fingerprint density at radius 1 is 1.21 bits per heavy atom. The minimum absolute atomic E-state index is 0.149. The topological polar surface area (TPSA) is 26.3 Å². The Kier molecular flexibility index (Phi) is 7.77. The zero-order valence-electron chi connectivity index (χ0n) is 10.0. The predicted molar refractivity (Wildman–Crippen MR) is 59.4 cm³/mol. The standard InChI is InChI=1S/C12H24O2/c1-5-7-12(14-6-2)11(13)9-8-10(3)4/h10,12H,5-9H2,1-4H3. The Bertz CT molecular complexity index is 146. The Balaban J connectivity index is 3.88. The lowest BCUT2D eigenvalue weighted by Crippen LogP contribution is -2.24. The van der Waals surface area contributed by atoms with Gasteiger partial charge in [-0.3, -0.25) is 4.79 Å². The Morgan fingerprint density at radius 3 is 2.29 bits per heavy atom. The van der Waals surface area contributed by atoms with Crippen molar-refractivity contribution in [2.24, 2.45) is 5.92 Å². The summed E-state index contributed by atoms with van der Waals surface area (Å²) in [5.74, 6) is 0.880. The molecule has 0 aromatic carbocycles. The molecule has 0 amide bonds. The number of Topliss-reactive ketones (excluding diaryl/α,β-unsaturated/α-hetero) is 1. The number of rotatable bonds is 8. The zero-order chi connectivity index (χ0) is 11.0. The van der Waals surface area contributed by atoms with Crippen LogP contribution < -0.4 is 0 Å². The lowest BCUT2D eigenvalue weighted by molar-refractivity contribution is -0.131. The van der Waals surface area contributed by atoms with Crippen molar-refractivity contribution in [1.29, 1.82) is 0 Å². The molecule has 0 aromatic heterocycles. The van der Waals surface area contributed by atoms with Crippen molar-refractivity contribution in [3.63, 3.8) is 0 Å². The zero-order valence-corrected chi connectivity index (χ0v) is 10.0. The highest BCUT2D eigenvalue weighted by atomic mass is 16.5. The summed E-state index contributed by atoms with van der Waals surface area (Å²) >= 11 is 0. The third-order valence-corrected chi connectivity index (χ3v) is 2.25. The van der Waals surface area contributed by atoms with E-state index in [-0.39, 0.29) is 11.9 Å². The van der Waals surface area contributed by atoms with E-state index in [9.17, 15) is 4.79 Å². The van der Waals surface area contributed by atoms with Gasteiger partial charge in [-0.15, -0.1) is 0 Å². The maximum Gasteiger partial charge on any atom is 0.161 e. The largest absolute Gasteiger partial charge is 0.371 e. The Morgan fingerprint density at radius 2 is 1.86 bits per heavy atom. The van der Waals surface area contributed by atoms with Gasteiger partial charge in [0.2, 0.25) is 0 Å². The van der Waals surface area contributed by atoms with Gasteiger partial charge in [-0.2, -0.15) is 0 Å². The van der Waals surface area contributed by atoms with Gasteiger partial charge in [0.25, 0.3) is 0 Å². The van der Waals surface area contributed by atoms with E-state index in [0.29, 0.717) is 18.9 Å². The van der Waals surface area contributed by atoms with Gasteiger partial charge in [0, 0.05) is 13.0 Å². The molecule has 1 atom stereocenters. The minimum atomic E-state index is -0.149. The lowest BCUT2D eigenvalue weighted by Gasteiger charge is -2.15. The first kappa shape index (κ1) is 13.6. The third-order valence-electron chi connectivity index (χ3n) is 2.25. The van der Waals surface area contributed by atoms with Crippen LogP contribution in [0.15, 0.2) is 0 Å². The molecule has 84 valence electrons. The summed E-state index contributed by atoms with van der Waals surface area (Å²) in [5.41, 5.74) is 0. The van der Waals surface area contributed by atoms with Crippen LogP contribution in [0.2, 0.25) is 0 Å². The molecule has 14 heavy (non-hydrogen) atoms. The average molecular weight is 200 g/mol. The van der Waals surface area contributed by atoms with E-state index < -0.39 is 0 Å². The third kappa shape index (κ3) is 6.14. The summed E-state index contributed by atoms with van der Waals surface area (Å²) in [6.45, 7) is 8.95. The number of hydrogen-bond acceptors (Lipinski definition) is 2. The quantitative estimate of drug-likeness (QED) is 0.601. The average Bonchev–Trinajstić information content (AvgIpc) is 2.14. The maximum atomic E-state index is 11.7. The fourth-order valence-electron chi connectivity index (χ4n) is 1.39. The molecule has 0 aliphatic heterocycles. The molecular weight excluding hydrogens is 176 g/mol. The fourth-order valence-corrected chi connectivity index (χ4v) is 1.39. The van der Waals surface area contributed by atoms with E-state index in [2.05, 4.69) is 20.8 Å². The Labute approximate surface area is 88.0 Å². The molecule has 0 heterocycles. The SMILES string of the molecule is CCCC(OCC)C(=O)CCC(C)C. The van der Waals surface area contributed by atoms with E-state index in [1.165, 1.54) is 0 Å². The van der Waals surface area contributed by atoms with Gasteiger partial charge in [-0.05, 0) is 25.7 Å². The minimum Gasteiger partial charge on any atom is -0.371 e. The van der Waals surface area contributed by atoms with Crippen LogP contribution in [0.4, 0.5) is 0 Å². The molecule has 0 aliphatic rings. The van der Waals surface area contributed by atoms with Crippen LogP contribution in [0.1, 0.15) is 53.4 Å². The van der Waals surface area contributed by atoms with Crippen LogP contribution in [-0.4, -0.2) is 18.5 Å². The predicted octanol–water partition coefficient (Wildman–Crippen LogP) is 3.20. The number of ketones is 1. The van der Waals surface area contributed by atoms with Crippen LogP contribution in [0, 0.1) is 5.92 Å². The van der Waals surface area contributed by atoms with Crippen LogP contribution in [0.3, 0.4) is 0 Å². The second kappa shape index (κ2) is 7.98. The Hall–Kier alpha value is -0.370. The van der Waals surface area contributed by atoms with E-state index in [1.807, 2.05) is 6.92 Å².